The molecule has 0 aromatic carbocycles. The molecule has 1 rings (SSSR count). The van der Waals surface area contributed by atoms with E-state index in [-0.39, 0.29) is 11.5 Å². The maximum absolute atomic E-state index is 5.95. The minimum Gasteiger partial charge on any atom is -0.501 e. The molecule has 0 aromatic rings. The first kappa shape index (κ1) is 9.59. The van der Waals surface area contributed by atoms with Crippen LogP contribution in [0, 0.1) is 5.41 Å². The van der Waals surface area contributed by atoms with Crippen LogP contribution in [0.25, 0.3) is 0 Å². The highest BCUT2D eigenvalue weighted by molar-refractivity contribution is 5.12. The lowest BCUT2D eigenvalue weighted by Gasteiger charge is -2.37. The van der Waals surface area contributed by atoms with Crippen LogP contribution in [0.1, 0.15) is 33.1 Å². The van der Waals surface area contributed by atoms with Crippen molar-refractivity contribution in [3.05, 3.63) is 11.8 Å². The molecule has 0 radical (unpaired) electrons. The molecule has 0 saturated carbocycles. The normalized spacial score (nSPS) is 32.5. The van der Waals surface area contributed by atoms with Crippen molar-refractivity contribution in [2.75, 3.05) is 7.11 Å². The zero-order chi connectivity index (χ0) is 9.19. The number of hydrogen-bond donors (Lipinski definition) is 1. The molecular weight excluding hydrogens is 150 g/mol. The fourth-order valence-electron chi connectivity index (χ4n) is 1.83. The van der Waals surface area contributed by atoms with Gasteiger partial charge in [-0.15, -0.1) is 0 Å². The SMILES string of the molecule is COC1=CCCCC1(C)C(C)N. The Hall–Kier alpha value is -0.500. The molecular formula is C10H19NO. The van der Waals surface area contributed by atoms with Crippen LogP contribution < -0.4 is 5.73 Å². The molecule has 0 fully saturated rings. The molecule has 1 aliphatic rings. The predicted octanol–water partition coefficient (Wildman–Crippen LogP) is 2.05. The molecule has 2 N–H and O–H groups in total. The molecule has 12 heavy (non-hydrogen) atoms. The Kier molecular flexibility index (Phi) is 2.78. The average Bonchev–Trinajstić information content (AvgIpc) is 2.05. The van der Waals surface area contributed by atoms with Gasteiger partial charge in [0.2, 0.25) is 0 Å². The molecule has 2 unspecified atom stereocenters. The third-order valence-electron chi connectivity index (χ3n) is 3.02. The summed E-state index contributed by atoms with van der Waals surface area (Å²) in [6.07, 6.45) is 5.67. The molecule has 0 bridgehead atoms. The second-order valence-corrected chi connectivity index (χ2v) is 3.87. The topological polar surface area (TPSA) is 35.2 Å². The lowest BCUT2D eigenvalue weighted by Crippen LogP contribution is -2.40. The zero-order valence-electron chi connectivity index (χ0n) is 8.26. The van der Waals surface area contributed by atoms with Gasteiger partial charge in [-0.25, -0.2) is 0 Å². The maximum atomic E-state index is 5.95. The first-order valence-corrected chi connectivity index (χ1v) is 4.61. The van der Waals surface area contributed by atoms with E-state index in [2.05, 4.69) is 19.9 Å². The van der Waals surface area contributed by atoms with Gasteiger partial charge in [-0.1, -0.05) is 6.92 Å². The number of nitrogens with two attached hydrogens (primary N) is 1. The number of allylic oxidation sites excluding steroid dienone is 1. The summed E-state index contributed by atoms with van der Waals surface area (Å²) >= 11 is 0. The Balaban J connectivity index is 2.86. The molecule has 1 aliphatic carbocycles. The van der Waals surface area contributed by atoms with Crippen molar-refractivity contribution in [2.24, 2.45) is 11.1 Å². The second-order valence-electron chi connectivity index (χ2n) is 3.87. The highest BCUT2D eigenvalue weighted by atomic mass is 16.5. The van der Waals surface area contributed by atoms with Crippen molar-refractivity contribution >= 4 is 0 Å². The van der Waals surface area contributed by atoms with E-state index in [1.807, 2.05) is 0 Å². The highest BCUT2D eigenvalue weighted by Gasteiger charge is 2.35. The van der Waals surface area contributed by atoms with Crippen molar-refractivity contribution < 1.29 is 4.74 Å². The summed E-state index contributed by atoms with van der Waals surface area (Å²) in [5.74, 6) is 1.07. The maximum Gasteiger partial charge on any atom is 0.0989 e. The van der Waals surface area contributed by atoms with Crippen LogP contribution in [0.4, 0.5) is 0 Å². The fourth-order valence-corrected chi connectivity index (χ4v) is 1.83. The first-order chi connectivity index (χ1) is 5.61. The number of methoxy groups -OCH3 is 1. The van der Waals surface area contributed by atoms with E-state index in [1.165, 1.54) is 6.42 Å². The Morgan fingerprint density at radius 1 is 1.67 bits per heavy atom. The first-order valence-electron chi connectivity index (χ1n) is 4.61. The Bertz CT molecular complexity index is 186. The molecule has 0 aliphatic heterocycles. The molecule has 2 nitrogen and oxygen atoms in total. The zero-order valence-corrected chi connectivity index (χ0v) is 8.26. The molecule has 70 valence electrons. The summed E-state index contributed by atoms with van der Waals surface area (Å²) in [4.78, 5) is 0. The summed E-state index contributed by atoms with van der Waals surface area (Å²) in [5.41, 5.74) is 6.01. The van der Waals surface area contributed by atoms with Crippen LogP contribution in [0.5, 0.6) is 0 Å². The third kappa shape index (κ3) is 1.48. The largest absolute Gasteiger partial charge is 0.501 e. The van der Waals surface area contributed by atoms with Crippen molar-refractivity contribution in [1.29, 1.82) is 0 Å². The minimum atomic E-state index is 0.0625. The summed E-state index contributed by atoms with van der Waals surface area (Å²) in [7, 11) is 1.73. The van der Waals surface area contributed by atoms with Gasteiger partial charge in [0, 0.05) is 11.5 Å². The van der Waals surface area contributed by atoms with Crippen LogP contribution in [-0.4, -0.2) is 13.2 Å². The van der Waals surface area contributed by atoms with Crippen molar-refractivity contribution in [3.8, 4) is 0 Å². The van der Waals surface area contributed by atoms with Gasteiger partial charge in [0.05, 0.1) is 12.9 Å². The van der Waals surface area contributed by atoms with E-state index < -0.39 is 0 Å². The third-order valence-corrected chi connectivity index (χ3v) is 3.02. The Morgan fingerprint density at radius 3 is 2.75 bits per heavy atom. The quantitative estimate of drug-likeness (QED) is 0.686. The standard InChI is InChI=1S/C10H19NO/c1-8(11)10(2)7-5-4-6-9(10)12-3/h6,8H,4-5,7,11H2,1-3H3. The smallest absolute Gasteiger partial charge is 0.0989 e. The summed E-state index contributed by atoms with van der Waals surface area (Å²) in [6.45, 7) is 4.24. The van der Waals surface area contributed by atoms with E-state index in [0.29, 0.717) is 0 Å². The van der Waals surface area contributed by atoms with Gasteiger partial charge in [0.25, 0.3) is 0 Å². The highest BCUT2D eigenvalue weighted by Crippen LogP contribution is 2.39. The van der Waals surface area contributed by atoms with Gasteiger partial charge in [0.1, 0.15) is 0 Å². The average molecular weight is 169 g/mol. The molecule has 0 amide bonds. The molecule has 2 heteroatoms. The second kappa shape index (κ2) is 3.48. The molecule has 0 aromatic heterocycles. The van der Waals surface area contributed by atoms with Crippen LogP contribution in [0.2, 0.25) is 0 Å². The lowest BCUT2D eigenvalue weighted by molar-refractivity contribution is 0.138. The van der Waals surface area contributed by atoms with E-state index >= 15 is 0 Å². The van der Waals surface area contributed by atoms with Crippen molar-refractivity contribution in [3.63, 3.8) is 0 Å². The number of ether oxygens (including phenoxy) is 1. The fraction of sp³-hybridized carbons (Fsp3) is 0.800. The van der Waals surface area contributed by atoms with Crippen LogP contribution in [0.15, 0.2) is 11.8 Å². The van der Waals surface area contributed by atoms with E-state index in [0.717, 1.165) is 18.6 Å². The summed E-state index contributed by atoms with van der Waals surface area (Å²) in [5, 5.41) is 0. The van der Waals surface area contributed by atoms with Gasteiger partial charge < -0.3 is 10.5 Å². The minimum absolute atomic E-state index is 0.0625. The van der Waals surface area contributed by atoms with Gasteiger partial charge in [-0.05, 0) is 32.3 Å². The molecule has 0 saturated heterocycles. The van der Waals surface area contributed by atoms with Gasteiger partial charge in [-0.3, -0.25) is 0 Å². The van der Waals surface area contributed by atoms with Gasteiger partial charge in [-0.2, -0.15) is 0 Å². The van der Waals surface area contributed by atoms with Gasteiger partial charge in [0.15, 0.2) is 0 Å². The molecule has 0 heterocycles. The van der Waals surface area contributed by atoms with E-state index in [1.54, 1.807) is 7.11 Å². The Morgan fingerprint density at radius 2 is 2.33 bits per heavy atom. The summed E-state index contributed by atoms with van der Waals surface area (Å²) in [6, 6.07) is 0.170. The van der Waals surface area contributed by atoms with Crippen molar-refractivity contribution in [2.45, 2.75) is 39.2 Å². The van der Waals surface area contributed by atoms with Crippen LogP contribution in [-0.2, 0) is 4.74 Å². The van der Waals surface area contributed by atoms with Gasteiger partial charge >= 0.3 is 0 Å². The lowest BCUT2D eigenvalue weighted by atomic mass is 9.74. The molecule has 2 atom stereocenters. The predicted molar refractivity (Wildman–Crippen MR) is 50.7 cm³/mol. The van der Waals surface area contributed by atoms with E-state index in [4.69, 9.17) is 10.5 Å². The monoisotopic (exact) mass is 169 g/mol. The number of hydrogen-bond acceptors (Lipinski definition) is 2. The Labute approximate surface area is 74.8 Å². The summed E-state index contributed by atoms with van der Waals surface area (Å²) < 4.78 is 5.35. The number of rotatable bonds is 2. The van der Waals surface area contributed by atoms with Crippen molar-refractivity contribution in [1.82, 2.24) is 0 Å². The molecule has 0 spiro atoms. The van der Waals surface area contributed by atoms with E-state index in [9.17, 15) is 0 Å². The van der Waals surface area contributed by atoms with Crippen LogP contribution >= 0.6 is 0 Å². The van der Waals surface area contributed by atoms with Crippen LogP contribution in [0.3, 0.4) is 0 Å².